The molecule has 1 heterocycles. The van der Waals surface area contributed by atoms with Crippen LogP contribution in [0, 0.1) is 5.92 Å². The zero-order valence-electron chi connectivity index (χ0n) is 14.2. The van der Waals surface area contributed by atoms with Crippen molar-refractivity contribution < 1.29 is 14.4 Å². The van der Waals surface area contributed by atoms with Crippen LogP contribution in [0.5, 0.6) is 0 Å². The van der Waals surface area contributed by atoms with Gasteiger partial charge in [0.25, 0.3) is 0 Å². The first-order chi connectivity index (χ1) is 9.15. The maximum absolute atomic E-state index is 12.0. The Morgan fingerprint density at radius 3 is 2.10 bits per heavy atom. The van der Waals surface area contributed by atoms with Gasteiger partial charge in [-0.1, -0.05) is 20.3 Å². The van der Waals surface area contributed by atoms with Crippen LogP contribution >= 0.6 is 0 Å². The van der Waals surface area contributed by atoms with Crippen molar-refractivity contribution >= 4 is 5.97 Å². The summed E-state index contributed by atoms with van der Waals surface area (Å²) in [5, 5.41) is 2.04. The van der Waals surface area contributed by atoms with E-state index in [0.29, 0.717) is 0 Å². The Kier molecular flexibility index (Phi) is 5.61. The molecule has 118 valence electrons. The zero-order valence-corrected chi connectivity index (χ0v) is 14.2. The summed E-state index contributed by atoms with van der Waals surface area (Å²) in [5.74, 6) is -0.146. The van der Waals surface area contributed by atoms with E-state index in [4.69, 9.17) is 9.57 Å². The lowest BCUT2D eigenvalue weighted by atomic mass is 9.82. The van der Waals surface area contributed by atoms with Gasteiger partial charge in [-0.2, -0.15) is 5.06 Å². The number of esters is 1. The molecule has 1 fully saturated rings. The van der Waals surface area contributed by atoms with Crippen molar-refractivity contribution in [3.05, 3.63) is 0 Å². The van der Waals surface area contributed by atoms with Gasteiger partial charge in [-0.05, 0) is 52.9 Å². The standard InChI is InChI=1S/C16H31NO3/c1-8-12(2)13(14(18)19-7)20-17-15(3,4)10-9-11-16(17,5)6/h12-13H,8-11H2,1-7H3/t12-,13+/m1/s1. The molecule has 2 atom stereocenters. The van der Waals surface area contributed by atoms with E-state index in [1.165, 1.54) is 13.5 Å². The van der Waals surface area contributed by atoms with Crippen molar-refractivity contribution in [3.8, 4) is 0 Å². The largest absolute Gasteiger partial charge is 0.467 e. The molecule has 0 amide bonds. The highest BCUT2D eigenvalue weighted by atomic mass is 16.7. The maximum atomic E-state index is 12.0. The van der Waals surface area contributed by atoms with Gasteiger partial charge in [-0.25, -0.2) is 4.79 Å². The first kappa shape index (κ1) is 17.4. The molecular formula is C16H31NO3. The maximum Gasteiger partial charge on any atom is 0.337 e. The van der Waals surface area contributed by atoms with Gasteiger partial charge in [0.15, 0.2) is 6.10 Å². The zero-order chi connectivity index (χ0) is 15.6. The number of nitrogens with zero attached hydrogens (tertiary/aromatic N) is 1. The lowest BCUT2D eigenvalue weighted by Crippen LogP contribution is -2.60. The molecule has 0 aliphatic carbocycles. The first-order valence-electron chi connectivity index (χ1n) is 7.70. The molecule has 0 spiro atoms. The molecule has 0 saturated carbocycles. The molecule has 4 heteroatoms. The fourth-order valence-corrected chi connectivity index (χ4v) is 3.08. The van der Waals surface area contributed by atoms with Gasteiger partial charge < -0.3 is 4.74 Å². The van der Waals surface area contributed by atoms with E-state index < -0.39 is 6.10 Å². The van der Waals surface area contributed by atoms with Crippen LogP contribution < -0.4 is 0 Å². The lowest BCUT2D eigenvalue weighted by Gasteiger charge is -2.52. The van der Waals surface area contributed by atoms with Gasteiger partial charge in [-0.3, -0.25) is 4.84 Å². The van der Waals surface area contributed by atoms with E-state index in [-0.39, 0.29) is 23.0 Å². The quantitative estimate of drug-likeness (QED) is 0.724. The Balaban J connectivity index is 2.97. The Labute approximate surface area is 123 Å². The minimum absolute atomic E-state index is 0.0680. The molecule has 1 aliphatic rings. The molecule has 0 aromatic carbocycles. The van der Waals surface area contributed by atoms with Crippen LogP contribution in [-0.2, 0) is 14.4 Å². The highest BCUT2D eigenvalue weighted by molar-refractivity contribution is 5.74. The number of piperidine rings is 1. The summed E-state index contributed by atoms with van der Waals surface area (Å²) in [5.41, 5.74) is -0.136. The number of carbonyl (C=O) groups is 1. The number of rotatable bonds is 5. The van der Waals surface area contributed by atoms with Crippen molar-refractivity contribution in [3.63, 3.8) is 0 Å². The fraction of sp³-hybridized carbons (Fsp3) is 0.938. The molecule has 0 unspecified atom stereocenters. The van der Waals surface area contributed by atoms with Crippen molar-refractivity contribution in [2.24, 2.45) is 5.92 Å². The molecule has 0 radical (unpaired) electrons. The lowest BCUT2D eigenvalue weighted by molar-refractivity contribution is -0.308. The van der Waals surface area contributed by atoms with E-state index >= 15 is 0 Å². The third-order valence-corrected chi connectivity index (χ3v) is 4.49. The Morgan fingerprint density at radius 2 is 1.70 bits per heavy atom. The predicted molar refractivity (Wildman–Crippen MR) is 80.2 cm³/mol. The van der Waals surface area contributed by atoms with Crippen molar-refractivity contribution in [1.29, 1.82) is 0 Å². The van der Waals surface area contributed by atoms with E-state index in [2.05, 4.69) is 34.6 Å². The molecule has 0 bridgehead atoms. The van der Waals surface area contributed by atoms with Crippen molar-refractivity contribution in [2.45, 2.75) is 84.4 Å². The smallest absolute Gasteiger partial charge is 0.337 e. The minimum atomic E-state index is -0.526. The van der Waals surface area contributed by atoms with E-state index in [1.807, 2.05) is 12.0 Å². The normalized spacial score (nSPS) is 24.9. The SMILES string of the molecule is CC[C@@H](C)[C@H](ON1C(C)(C)CCCC1(C)C)C(=O)OC. The van der Waals surface area contributed by atoms with Gasteiger partial charge in [0.05, 0.1) is 7.11 Å². The summed E-state index contributed by atoms with van der Waals surface area (Å²) in [4.78, 5) is 18.2. The van der Waals surface area contributed by atoms with E-state index in [1.54, 1.807) is 0 Å². The van der Waals surface area contributed by atoms with Crippen molar-refractivity contribution in [2.75, 3.05) is 7.11 Å². The van der Waals surface area contributed by atoms with Crippen LogP contribution in [0.2, 0.25) is 0 Å². The predicted octanol–water partition coefficient (Wildman–Crippen LogP) is 3.55. The van der Waals surface area contributed by atoms with E-state index in [9.17, 15) is 4.79 Å². The number of hydrogen-bond acceptors (Lipinski definition) is 4. The molecule has 1 rings (SSSR count). The summed E-state index contributed by atoms with van der Waals surface area (Å²) >= 11 is 0. The second kappa shape index (κ2) is 6.44. The molecule has 0 aromatic heterocycles. The molecular weight excluding hydrogens is 254 g/mol. The molecule has 4 nitrogen and oxygen atoms in total. The molecule has 1 saturated heterocycles. The van der Waals surface area contributed by atoms with Crippen LogP contribution in [0.3, 0.4) is 0 Å². The fourth-order valence-electron chi connectivity index (χ4n) is 3.08. The number of carbonyl (C=O) groups excluding carboxylic acids is 1. The number of ether oxygens (including phenoxy) is 1. The monoisotopic (exact) mass is 285 g/mol. The van der Waals surface area contributed by atoms with Crippen LogP contribution in [0.15, 0.2) is 0 Å². The van der Waals surface area contributed by atoms with E-state index in [0.717, 1.165) is 19.3 Å². The van der Waals surface area contributed by atoms with Gasteiger partial charge in [0.2, 0.25) is 0 Å². The van der Waals surface area contributed by atoms with Crippen LogP contribution in [0.4, 0.5) is 0 Å². The topological polar surface area (TPSA) is 38.8 Å². The Bertz CT molecular complexity index is 323. The highest BCUT2D eigenvalue weighted by Crippen LogP contribution is 2.39. The second-order valence-corrected chi connectivity index (χ2v) is 7.21. The van der Waals surface area contributed by atoms with Crippen LogP contribution in [0.1, 0.15) is 67.2 Å². The van der Waals surface area contributed by atoms with Gasteiger partial charge in [0, 0.05) is 11.1 Å². The number of hydrogen-bond donors (Lipinski definition) is 0. The first-order valence-corrected chi connectivity index (χ1v) is 7.70. The van der Waals surface area contributed by atoms with Gasteiger partial charge >= 0.3 is 5.97 Å². The summed E-state index contributed by atoms with van der Waals surface area (Å²) in [6.45, 7) is 12.8. The molecule has 0 aromatic rings. The second-order valence-electron chi connectivity index (χ2n) is 7.21. The van der Waals surface area contributed by atoms with Crippen LogP contribution in [-0.4, -0.2) is 35.3 Å². The average Bonchev–Trinajstić information content (AvgIpc) is 2.35. The number of hydroxylamine groups is 2. The minimum Gasteiger partial charge on any atom is -0.467 e. The number of methoxy groups -OCH3 is 1. The summed E-state index contributed by atoms with van der Waals surface area (Å²) < 4.78 is 4.92. The van der Waals surface area contributed by atoms with Gasteiger partial charge in [0.1, 0.15) is 0 Å². The van der Waals surface area contributed by atoms with Crippen molar-refractivity contribution in [1.82, 2.24) is 5.06 Å². The third kappa shape index (κ3) is 3.73. The Morgan fingerprint density at radius 1 is 1.20 bits per heavy atom. The molecule has 1 aliphatic heterocycles. The van der Waals surface area contributed by atoms with Crippen LogP contribution in [0.25, 0.3) is 0 Å². The summed E-state index contributed by atoms with van der Waals surface area (Å²) in [6, 6.07) is 0. The average molecular weight is 285 g/mol. The summed E-state index contributed by atoms with van der Waals surface area (Å²) in [6.07, 6.45) is 3.69. The highest BCUT2D eigenvalue weighted by Gasteiger charge is 2.45. The molecule has 20 heavy (non-hydrogen) atoms. The van der Waals surface area contributed by atoms with Gasteiger partial charge in [-0.15, -0.1) is 0 Å². The summed E-state index contributed by atoms with van der Waals surface area (Å²) in [7, 11) is 1.42. The Hall–Kier alpha value is -0.610. The molecule has 0 N–H and O–H groups in total. The third-order valence-electron chi connectivity index (χ3n) is 4.49.